The maximum Gasteiger partial charge on any atom is 0.142 e. The molecule has 0 N–H and O–H groups in total. The molecule has 1 atom stereocenters. The molecule has 0 saturated heterocycles. The van der Waals surface area contributed by atoms with Crippen molar-refractivity contribution in [2.75, 3.05) is 5.88 Å². The number of hydrogen-bond acceptors (Lipinski definition) is 0. The van der Waals surface area contributed by atoms with Crippen molar-refractivity contribution in [3.8, 4) is 0 Å². The van der Waals surface area contributed by atoms with Gasteiger partial charge in [-0.1, -0.05) is 24.6 Å². The van der Waals surface area contributed by atoms with Crippen molar-refractivity contribution in [3.63, 3.8) is 0 Å². The quantitative estimate of drug-likeness (QED) is 0.679. The average Bonchev–Trinajstić information content (AvgIpc) is 2.11. The molecule has 0 saturated carbocycles. The molecule has 72 valence electrons. The molecular formula is C10H11Cl2F. The average molecular weight is 221 g/mol. The summed E-state index contributed by atoms with van der Waals surface area (Å²) in [7, 11) is 0. The van der Waals surface area contributed by atoms with Crippen LogP contribution in [0.3, 0.4) is 0 Å². The van der Waals surface area contributed by atoms with Gasteiger partial charge in [-0.05, 0) is 30.0 Å². The second-order valence-electron chi connectivity index (χ2n) is 3.21. The molecule has 1 unspecified atom stereocenters. The van der Waals surface area contributed by atoms with Gasteiger partial charge in [-0.15, -0.1) is 11.6 Å². The van der Waals surface area contributed by atoms with E-state index in [0.717, 1.165) is 12.0 Å². The minimum absolute atomic E-state index is 0.169. The van der Waals surface area contributed by atoms with E-state index < -0.39 is 0 Å². The lowest BCUT2D eigenvalue weighted by atomic mass is 10.0. The summed E-state index contributed by atoms with van der Waals surface area (Å²) >= 11 is 11.2. The van der Waals surface area contributed by atoms with Crippen molar-refractivity contribution in [1.29, 1.82) is 0 Å². The zero-order chi connectivity index (χ0) is 9.84. The van der Waals surface area contributed by atoms with Crippen molar-refractivity contribution in [3.05, 3.63) is 34.6 Å². The summed E-state index contributed by atoms with van der Waals surface area (Å²) in [6, 6.07) is 4.87. The third-order valence-electron chi connectivity index (χ3n) is 1.83. The Balaban J connectivity index is 2.73. The van der Waals surface area contributed by atoms with Gasteiger partial charge < -0.3 is 0 Å². The molecule has 13 heavy (non-hydrogen) atoms. The number of rotatable bonds is 3. The largest absolute Gasteiger partial charge is 0.205 e. The predicted molar refractivity (Wildman–Crippen MR) is 55.0 cm³/mol. The van der Waals surface area contributed by atoms with E-state index in [1.165, 1.54) is 6.07 Å². The van der Waals surface area contributed by atoms with Gasteiger partial charge in [0.1, 0.15) is 5.82 Å². The van der Waals surface area contributed by atoms with Crippen molar-refractivity contribution < 1.29 is 4.39 Å². The van der Waals surface area contributed by atoms with Crippen LogP contribution in [-0.2, 0) is 6.42 Å². The van der Waals surface area contributed by atoms with Crippen molar-refractivity contribution >= 4 is 23.2 Å². The Hall–Kier alpha value is -0.270. The Labute approximate surface area is 87.7 Å². The molecule has 0 aliphatic carbocycles. The normalized spacial score (nSPS) is 12.9. The van der Waals surface area contributed by atoms with Gasteiger partial charge in [-0.3, -0.25) is 0 Å². The molecule has 0 nitrogen and oxygen atoms in total. The van der Waals surface area contributed by atoms with E-state index in [0.29, 0.717) is 11.8 Å². The second-order valence-corrected chi connectivity index (χ2v) is 3.93. The molecule has 1 aromatic rings. The first-order chi connectivity index (χ1) is 6.13. The minimum Gasteiger partial charge on any atom is -0.205 e. The summed E-state index contributed by atoms with van der Waals surface area (Å²) in [6.07, 6.45) is 0.789. The van der Waals surface area contributed by atoms with Gasteiger partial charge in [0.2, 0.25) is 0 Å². The molecular weight excluding hydrogens is 210 g/mol. The van der Waals surface area contributed by atoms with E-state index in [2.05, 4.69) is 0 Å². The van der Waals surface area contributed by atoms with Crippen LogP contribution >= 0.6 is 23.2 Å². The molecule has 1 rings (SSSR count). The van der Waals surface area contributed by atoms with E-state index in [1.54, 1.807) is 6.07 Å². The summed E-state index contributed by atoms with van der Waals surface area (Å²) in [5.74, 6) is 0.590. The topological polar surface area (TPSA) is 0 Å². The third kappa shape index (κ3) is 3.17. The minimum atomic E-state index is -0.360. The van der Waals surface area contributed by atoms with Crippen molar-refractivity contribution in [2.45, 2.75) is 13.3 Å². The van der Waals surface area contributed by atoms with Crippen LogP contribution in [-0.4, -0.2) is 5.88 Å². The first-order valence-corrected chi connectivity index (χ1v) is 5.04. The van der Waals surface area contributed by atoms with Crippen LogP contribution in [0, 0.1) is 11.7 Å². The summed E-state index contributed by atoms with van der Waals surface area (Å²) in [6.45, 7) is 2.03. The molecule has 0 spiro atoms. The molecule has 3 heteroatoms. The van der Waals surface area contributed by atoms with Crippen molar-refractivity contribution in [2.24, 2.45) is 5.92 Å². The fourth-order valence-corrected chi connectivity index (χ4v) is 1.35. The molecule has 0 heterocycles. The highest BCUT2D eigenvalue weighted by Crippen LogP contribution is 2.18. The van der Waals surface area contributed by atoms with Crippen molar-refractivity contribution in [1.82, 2.24) is 0 Å². The van der Waals surface area contributed by atoms with E-state index in [4.69, 9.17) is 23.2 Å². The lowest BCUT2D eigenvalue weighted by molar-refractivity contribution is 0.615. The van der Waals surface area contributed by atoms with E-state index >= 15 is 0 Å². The predicted octanol–water partition coefficient (Wildman–Crippen LogP) is 3.90. The fourth-order valence-electron chi connectivity index (χ4n) is 1.12. The zero-order valence-corrected chi connectivity index (χ0v) is 8.87. The van der Waals surface area contributed by atoms with Crippen LogP contribution in [0.25, 0.3) is 0 Å². The first kappa shape index (κ1) is 10.8. The maximum atomic E-state index is 13.0. The lowest BCUT2D eigenvalue weighted by Gasteiger charge is -2.07. The standard InChI is InChI=1S/C10H11Cl2F/c1-7(6-11)4-8-2-3-9(12)10(13)5-8/h2-3,5,7H,4,6H2,1H3. The van der Waals surface area contributed by atoms with Crippen LogP contribution in [0.2, 0.25) is 5.02 Å². The van der Waals surface area contributed by atoms with Crippen LogP contribution < -0.4 is 0 Å². The summed E-state index contributed by atoms with van der Waals surface area (Å²) in [5.41, 5.74) is 0.940. The monoisotopic (exact) mass is 220 g/mol. The number of benzene rings is 1. The van der Waals surface area contributed by atoms with Gasteiger partial charge in [0, 0.05) is 5.88 Å². The van der Waals surface area contributed by atoms with Gasteiger partial charge in [0.05, 0.1) is 5.02 Å². The van der Waals surface area contributed by atoms with Gasteiger partial charge in [0.25, 0.3) is 0 Å². The number of halogens is 3. The highest BCUT2D eigenvalue weighted by molar-refractivity contribution is 6.30. The molecule has 1 aromatic carbocycles. The Morgan fingerprint density at radius 2 is 2.15 bits per heavy atom. The van der Waals surface area contributed by atoms with E-state index in [-0.39, 0.29) is 10.8 Å². The lowest BCUT2D eigenvalue weighted by Crippen LogP contribution is -2.01. The van der Waals surface area contributed by atoms with Gasteiger partial charge in [0.15, 0.2) is 0 Å². The number of alkyl halides is 1. The molecule has 0 amide bonds. The van der Waals surface area contributed by atoms with Gasteiger partial charge >= 0.3 is 0 Å². The molecule has 0 radical (unpaired) electrons. The molecule has 0 aromatic heterocycles. The maximum absolute atomic E-state index is 13.0. The van der Waals surface area contributed by atoms with Crippen LogP contribution in [0.15, 0.2) is 18.2 Å². The van der Waals surface area contributed by atoms with E-state index in [9.17, 15) is 4.39 Å². The Morgan fingerprint density at radius 3 is 2.69 bits per heavy atom. The van der Waals surface area contributed by atoms with E-state index in [1.807, 2.05) is 13.0 Å². The second kappa shape index (κ2) is 4.83. The molecule has 0 aliphatic heterocycles. The zero-order valence-electron chi connectivity index (χ0n) is 7.36. The summed E-state index contributed by atoms with van der Waals surface area (Å²) < 4.78 is 13.0. The molecule has 0 bridgehead atoms. The summed E-state index contributed by atoms with van der Waals surface area (Å²) in [5, 5.41) is 0.169. The Morgan fingerprint density at radius 1 is 1.46 bits per heavy atom. The smallest absolute Gasteiger partial charge is 0.142 e. The van der Waals surface area contributed by atoms with Crippen LogP contribution in [0.5, 0.6) is 0 Å². The Kier molecular flexibility index (Phi) is 4.01. The Bertz CT molecular complexity index is 286. The molecule has 0 aliphatic rings. The third-order valence-corrected chi connectivity index (χ3v) is 2.66. The van der Waals surface area contributed by atoms with Crippen LogP contribution in [0.1, 0.15) is 12.5 Å². The molecule has 0 fully saturated rings. The first-order valence-electron chi connectivity index (χ1n) is 4.13. The summed E-state index contributed by atoms with van der Waals surface area (Å²) in [4.78, 5) is 0. The van der Waals surface area contributed by atoms with Gasteiger partial charge in [-0.2, -0.15) is 0 Å². The SMILES string of the molecule is CC(CCl)Cc1ccc(Cl)c(F)c1. The highest BCUT2D eigenvalue weighted by Gasteiger charge is 2.04. The number of hydrogen-bond donors (Lipinski definition) is 0. The van der Waals surface area contributed by atoms with Crippen LogP contribution in [0.4, 0.5) is 4.39 Å². The fraction of sp³-hybridized carbons (Fsp3) is 0.400. The van der Waals surface area contributed by atoms with Gasteiger partial charge in [-0.25, -0.2) is 4.39 Å². The highest BCUT2D eigenvalue weighted by atomic mass is 35.5.